The van der Waals surface area contributed by atoms with Crippen molar-refractivity contribution in [3.8, 4) is 11.4 Å². The van der Waals surface area contributed by atoms with E-state index in [1.807, 2.05) is 0 Å². The van der Waals surface area contributed by atoms with Gasteiger partial charge in [0.2, 0.25) is 11.7 Å². The SMILES string of the molecule is Cc1ccc(-c2noc(CN3CCN(CCNC(=O)c4ccco4)CC3)n2)cc1F. The summed E-state index contributed by atoms with van der Waals surface area (Å²) in [6.07, 6.45) is 1.49. The van der Waals surface area contributed by atoms with Gasteiger partial charge in [-0.3, -0.25) is 14.6 Å². The lowest BCUT2D eigenvalue weighted by Gasteiger charge is -2.33. The number of carbonyl (C=O) groups excluding carboxylic acids is 1. The Balaban J connectivity index is 1.21. The summed E-state index contributed by atoms with van der Waals surface area (Å²) in [5.74, 6) is 0.765. The standard InChI is InChI=1S/C21H24FN5O3/c1-15-4-5-16(13-17(15)22)20-24-19(30-25-20)14-27-10-8-26(9-11-27)7-6-23-21(28)18-3-2-12-29-18/h2-5,12-13H,6-11,14H2,1H3,(H,23,28). The maximum atomic E-state index is 13.8. The number of carbonyl (C=O) groups is 1. The van der Waals surface area contributed by atoms with E-state index in [2.05, 4.69) is 25.3 Å². The molecule has 0 aliphatic carbocycles. The molecule has 0 unspecified atom stereocenters. The van der Waals surface area contributed by atoms with E-state index in [0.29, 0.717) is 41.7 Å². The van der Waals surface area contributed by atoms with Crippen molar-refractivity contribution in [2.45, 2.75) is 13.5 Å². The number of hydrogen-bond acceptors (Lipinski definition) is 7. The highest BCUT2D eigenvalue weighted by Crippen LogP contribution is 2.19. The third-order valence-corrected chi connectivity index (χ3v) is 5.18. The van der Waals surface area contributed by atoms with Crippen LogP contribution in [-0.4, -0.2) is 65.1 Å². The summed E-state index contributed by atoms with van der Waals surface area (Å²) in [6, 6.07) is 8.26. The molecule has 0 spiro atoms. The van der Waals surface area contributed by atoms with Crippen LogP contribution >= 0.6 is 0 Å². The molecule has 1 N–H and O–H groups in total. The molecule has 30 heavy (non-hydrogen) atoms. The fourth-order valence-electron chi connectivity index (χ4n) is 3.35. The van der Waals surface area contributed by atoms with Gasteiger partial charge in [-0.15, -0.1) is 0 Å². The zero-order chi connectivity index (χ0) is 20.9. The highest BCUT2D eigenvalue weighted by Gasteiger charge is 2.20. The molecule has 0 atom stereocenters. The van der Waals surface area contributed by atoms with Crippen molar-refractivity contribution in [1.29, 1.82) is 0 Å². The second kappa shape index (κ2) is 9.19. The minimum absolute atomic E-state index is 0.195. The number of furan rings is 1. The van der Waals surface area contributed by atoms with Crippen LogP contribution in [0.1, 0.15) is 22.0 Å². The third kappa shape index (κ3) is 4.92. The topological polar surface area (TPSA) is 87.6 Å². The van der Waals surface area contributed by atoms with Gasteiger partial charge in [0, 0.05) is 44.8 Å². The molecule has 1 aliphatic rings. The average Bonchev–Trinajstić information content (AvgIpc) is 3.44. The lowest BCUT2D eigenvalue weighted by Crippen LogP contribution is -2.48. The Morgan fingerprint density at radius 2 is 2.00 bits per heavy atom. The molecule has 0 saturated carbocycles. The smallest absolute Gasteiger partial charge is 0.287 e. The van der Waals surface area contributed by atoms with Gasteiger partial charge in [0.15, 0.2) is 5.76 Å². The van der Waals surface area contributed by atoms with E-state index >= 15 is 0 Å². The first kappa shape index (κ1) is 20.2. The second-order valence-corrected chi connectivity index (χ2v) is 7.33. The molecular formula is C21H24FN5O3. The molecule has 3 aromatic rings. The number of halogens is 1. The van der Waals surface area contributed by atoms with Crippen molar-refractivity contribution < 1.29 is 18.1 Å². The predicted octanol–water partition coefficient (Wildman–Crippen LogP) is 2.32. The Kier molecular flexibility index (Phi) is 6.20. The first-order valence-corrected chi connectivity index (χ1v) is 9.94. The maximum Gasteiger partial charge on any atom is 0.287 e. The van der Waals surface area contributed by atoms with Gasteiger partial charge in [0.25, 0.3) is 5.91 Å². The Bertz CT molecular complexity index is 980. The van der Waals surface area contributed by atoms with Crippen LogP contribution in [-0.2, 0) is 6.54 Å². The molecule has 3 heterocycles. The summed E-state index contributed by atoms with van der Waals surface area (Å²) >= 11 is 0. The molecule has 1 saturated heterocycles. The molecule has 2 aromatic heterocycles. The highest BCUT2D eigenvalue weighted by atomic mass is 19.1. The van der Waals surface area contributed by atoms with Gasteiger partial charge in [-0.1, -0.05) is 17.3 Å². The Labute approximate surface area is 173 Å². The van der Waals surface area contributed by atoms with E-state index in [1.165, 1.54) is 12.3 Å². The first-order valence-electron chi connectivity index (χ1n) is 9.94. The highest BCUT2D eigenvalue weighted by molar-refractivity contribution is 5.91. The number of nitrogens with one attached hydrogen (secondary N) is 1. The van der Waals surface area contributed by atoms with Crippen LogP contribution in [0.4, 0.5) is 4.39 Å². The number of amides is 1. The van der Waals surface area contributed by atoms with Crippen LogP contribution in [0.15, 0.2) is 45.5 Å². The Hall–Kier alpha value is -3.04. The minimum Gasteiger partial charge on any atom is -0.459 e. The third-order valence-electron chi connectivity index (χ3n) is 5.18. The number of benzene rings is 1. The normalized spacial score (nSPS) is 15.4. The van der Waals surface area contributed by atoms with Crippen LogP contribution in [0.3, 0.4) is 0 Å². The molecule has 1 aliphatic heterocycles. The van der Waals surface area contributed by atoms with Crippen LogP contribution in [0.25, 0.3) is 11.4 Å². The van der Waals surface area contributed by atoms with Gasteiger partial charge in [-0.05, 0) is 30.7 Å². The molecule has 158 valence electrons. The van der Waals surface area contributed by atoms with Crippen LogP contribution in [0, 0.1) is 12.7 Å². The summed E-state index contributed by atoms with van der Waals surface area (Å²) in [5.41, 5.74) is 1.19. The summed E-state index contributed by atoms with van der Waals surface area (Å²) in [4.78, 5) is 20.8. The summed E-state index contributed by atoms with van der Waals surface area (Å²) in [5, 5.41) is 6.84. The predicted molar refractivity (Wildman–Crippen MR) is 107 cm³/mol. The van der Waals surface area contributed by atoms with E-state index in [-0.39, 0.29) is 11.7 Å². The summed E-state index contributed by atoms with van der Waals surface area (Å²) in [7, 11) is 0. The quantitative estimate of drug-likeness (QED) is 0.636. The Morgan fingerprint density at radius 3 is 2.73 bits per heavy atom. The van der Waals surface area contributed by atoms with Crippen LogP contribution in [0.2, 0.25) is 0 Å². The molecule has 8 nitrogen and oxygen atoms in total. The van der Waals surface area contributed by atoms with Gasteiger partial charge in [-0.25, -0.2) is 4.39 Å². The fraction of sp³-hybridized carbons (Fsp3) is 0.381. The summed E-state index contributed by atoms with van der Waals surface area (Å²) in [6.45, 7) is 7.13. The van der Waals surface area contributed by atoms with Crippen molar-refractivity contribution >= 4 is 5.91 Å². The van der Waals surface area contributed by atoms with Gasteiger partial charge in [0.1, 0.15) is 5.82 Å². The lowest BCUT2D eigenvalue weighted by atomic mass is 10.1. The zero-order valence-corrected chi connectivity index (χ0v) is 16.8. The van der Waals surface area contributed by atoms with Crippen molar-refractivity contribution in [3.05, 3.63) is 59.6 Å². The molecule has 9 heteroatoms. The molecular weight excluding hydrogens is 389 g/mol. The Morgan fingerprint density at radius 1 is 1.20 bits per heavy atom. The lowest BCUT2D eigenvalue weighted by molar-refractivity contribution is 0.0902. The van der Waals surface area contributed by atoms with E-state index < -0.39 is 0 Å². The molecule has 1 amide bonds. The second-order valence-electron chi connectivity index (χ2n) is 7.33. The van der Waals surface area contributed by atoms with Gasteiger partial charge in [0.05, 0.1) is 12.8 Å². The van der Waals surface area contributed by atoms with Crippen LogP contribution in [0.5, 0.6) is 0 Å². The number of aryl methyl sites for hydroxylation is 1. The van der Waals surface area contributed by atoms with E-state index in [1.54, 1.807) is 31.2 Å². The van der Waals surface area contributed by atoms with Gasteiger partial charge >= 0.3 is 0 Å². The number of rotatable bonds is 7. The monoisotopic (exact) mass is 413 g/mol. The van der Waals surface area contributed by atoms with Crippen molar-refractivity contribution in [1.82, 2.24) is 25.3 Å². The summed E-state index contributed by atoms with van der Waals surface area (Å²) < 4.78 is 24.2. The molecule has 0 radical (unpaired) electrons. The maximum absolute atomic E-state index is 13.8. The van der Waals surface area contributed by atoms with Crippen molar-refractivity contribution in [2.24, 2.45) is 0 Å². The van der Waals surface area contributed by atoms with Crippen LogP contribution < -0.4 is 5.32 Å². The number of piperazine rings is 1. The molecule has 0 bridgehead atoms. The van der Waals surface area contributed by atoms with Crippen molar-refractivity contribution in [3.63, 3.8) is 0 Å². The first-order chi connectivity index (χ1) is 14.6. The molecule has 1 fully saturated rings. The average molecular weight is 413 g/mol. The number of aromatic nitrogens is 2. The van der Waals surface area contributed by atoms with E-state index in [0.717, 1.165) is 32.7 Å². The molecule has 4 rings (SSSR count). The molecule has 1 aromatic carbocycles. The number of nitrogens with zero attached hydrogens (tertiary/aromatic N) is 4. The van der Waals surface area contributed by atoms with E-state index in [4.69, 9.17) is 8.94 Å². The van der Waals surface area contributed by atoms with Gasteiger partial charge in [-0.2, -0.15) is 4.98 Å². The largest absolute Gasteiger partial charge is 0.459 e. The minimum atomic E-state index is -0.282. The zero-order valence-electron chi connectivity index (χ0n) is 16.8. The van der Waals surface area contributed by atoms with Crippen molar-refractivity contribution in [2.75, 3.05) is 39.3 Å². The fourth-order valence-corrected chi connectivity index (χ4v) is 3.35. The number of hydrogen-bond donors (Lipinski definition) is 1. The van der Waals surface area contributed by atoms with Gasteiger partial charge < -0.3 is 14.3 Å². The van der Waals surface area contributed by atoms with E-state index in [9.17, 15) is 9.18 Å².